The van der Waals surface area contributed by atoms with Gasteiger partial charge in [-0.15, -0.1) is 5.10 Å². The van der Waals surface area contributed by atoms with Gasteiger partial charge in [0.05, 0.1) is 49.8 Å². The summed E-state index contributed by atoms with van der Waals surface area (Å²) in [6.45, 7) is 0. The van der Waals surface area contributed by atoms with Crippen molar-refractivity contribution in [3.63, 3.8) is 0 Å². The van der Waals surface area contributed by atoms with Gasteiger partial charge in [-0.1, -0.05) is 78.9 Å². The molecule has 0 amide bonds. The Bertz CT molecular complexity index is 3410. The quantitative estimate of drug-likeness (QED) is 0.179. The third-order valence-electron chi connectivity index (χ3n) is 10.6. The first-order valence-corrected chi connectivity index (χ1v) is 18.3. The van der Waals surface area contributed by atoms with Crippen molar-refractivity contribution in [2.24, 2.45) is 0 Å². The van der Waals surface area contributed by atoms with Crippen LogP contribution in [-0.4, -0.2) is 42.7 Å². The standard InChI is InChI=1S/C46H29N9/c1-2-12-31(13-3-1)44-49-43(30-22-24-32(25-23-30)51-39-18-8-10-20-41(39)53-37-16-6-4-14-35(37)47-45(51)53)50-55(44)34-28-26-33(27-29-34)52-40-19-9-11-21-42(40)54-38-17-7-5-15-36(38)48-46(52)54/h1-29H. The van der Waals surface area contributed by atoms with E-state index in [9.17, 15) is 0 Å². The second kappa shape index (κ2) is 11.4. The van der Waals surface area contributed by atoms with Crippen molar-refractivity contribution in [3.05, 3.63) is 176 Å². The first kappa shape index (κ1) is 29.8. The molecule has 12 rings (SSSR count). The fourth-order valence-corrected chi connectivity index (χ4v) is 8.10. The second-order valence-corrected chi connectivity index (χ2v) is 13.7. The zero-order chi connectivity index (χ0) is 36.0. The number of imidazole rings is 4. The van der Waals surface area contributed by atoms with Gasteiger partial charge in [0.25, 0.3) is 0 Å². The normalized spacial score (nSPS) is 12.0. The van der Waals surface area contributed by atoms with Gasteiger partial charge >= 0.3 is 0 Å². The van der Waals surface area contributed by atoms with E-state index in [1.54, 1.807) is 0 Å². The summed E-state index contributed by atoms with van der Waals surface area (Å²) in [5.41, 5.74) is 13.4. The van der Waals surface area contributed by atoms with Crippen LogP contribution in [0.1, 0.15) is 0 Å². The summed E-state index contributed by atoms with van der Waals surface area (Å²) in [5.74, 6) is 3.16. The maximum absolute atomic E-state index is 5.14. The van der Waals surface area contributed by atoms with Crippen molar-refractivity contribution in [1.82, 2.24) is 42.7 Å². The van der Waals surface area contributed by atoms with Gasteiger partial charge < -0.3 is 0 Å². The molecule has 5 aromatic heterocycles. The molecule has 0 saturated carbocycles. The van der Waals surface area contributed by atoms with E-state index in [-0.39, 0.29) is 0 Å². The van der Waals surface area contributed by atoms with Crippen molar-refractivity contribution in [1.29, 1.82) is 0 Å². The predicted molar refractivity (Wildman–Crippen MR) is 218 cm³/mol. The number of hydrogen-bond acceptors (Lipinski definition) is 4. The Balaban J connectivity index is 0.964. The third-order valence-corrected chi connectivity index (χ3v) is 10.6. The summed E-state index contributed by atoms with van der Waals surface area (Å²) in [6, 6.07) is 60.6. The van der Waals surface area contributed by atoms with Gasteiger partial charge in [-0.25, -0.2) is 19.6 Å². The monoisotopic (exact) mass is 707 g/mol. The summed E-state index contributed by atoms with van der Waals surface area (Å²) < 4.78 is 10.8. The molecule has 12 aromatic rings. The molecule has 0 spiro atoms. The Morgan fingerprint density at radius 1 is 0.327 bits per heavy atom. The molecule has 0 atom stereocenters. The van der Waals surface area contributed by atoms with Crippen LogP contribution in [-0.2, 0) is 0 Å². The van der Waals surface area contributed by atoms with E-state index in [0.29, 0.717) is 5.82 Å². The van der Waals surface area contributed by atoms with Crippen LogP contribution in [0.2, 0.25) is 0 Å². The van der Waals surface area contributed by atoms with E-state index in [1.807, 2.05) is 35.0 Å². The molecule has 55 heavy (non-hydrogen) atoms. The Kier molecular flexibility index (Phi) is 6.15. The second-order valence-electron chi connectivity index (χ2n) is 13.7. The third kappa shape index (κ3) is 4.35. The molecule has 9 heteroatoms. The van der Waals surface area contributed by atoms with Gasteiger partial charge in [-0.2, -0.15) is 0 Å². The Morgan fingerprint density at radius 3 is 1.31 bits per heavy atom. The lowest BCUT2D eigenvalue weighted by atomic mass is 10.2. The molecular formula is C46H29N9. The largest absolute Gasteiger partial charge is 0.278 e. The van der Waals surface area contributed by atoms with E-state index >= 15 is 0 Å². The SMILES string of the molecule is c1ccc(-c2nc(-c3ccc(-n4c5ccccc5n5c6ccccc6nc45)cc3)nn2-c2ccc(-n3c4ccccc4n4c5ccccc5nc34)cc2)cc1. The molecule has 0 bridgehead atoms. The zero-order valence-electron chi connectivity index (χ0n) is 29.3. The zero-order valence-corrected chi connectivity index (χ0v) is 29.3. The van der Waals surface area contributed by atoms with Crippen LogP contribution in [0.15, 0.2) is 176 Å². The van der Waals surface area contributed by atoms with Crippen molar-refractivity contribution in [2.75, 3.05) is 0 Å². The molecule has 0 fully saturated rings. The molecule has 5 heterocycles. The fourth-order valence-electron chi connectivity index (χ4n) is 8.10. The summed E-state index contributed by atoms with van der Waals surface area (Å²) in [7, 11) is 0. The number of aromatic nitrogens is 9. The van der Waals surface area contributed by atoms with Crippen LogP contribution in [0.25, 0.3) is 95.5 Å². The minimum absolute atomic E-state index is 0.644. The van der Waals surface area contributed by atoms with Crippen LogP contribution >= 0.6 is 0 Å². The van der Waals surface area contributed by atoms with E-state index in [2.05, 4.69) is 164 Å². The van der Waals surface area contributed by atoms with Crippen molar-refractivity contribution < 1.29 is 0 Å². The molecule has 0 saturated heterocycles. The maximum Gasteiger partial charge on any atom is 0.220 e. The summed E-state index contributed by atoms with van der Waals surface area (Å²) in [5, 5.41) is 5.13. The highest BCUT2D eigenvalue weighted by atomic mass is 15.4. The van der Waals surface area contributed by atoms with Gasteiger partial charge in [0.15, 0.2) is 11.6 Å². The van der Waals surface area contributed by atoms with E-state index in [1.165, 1.54) is 0 Å². The van der Waals surface area contributed by atoms with E-state index in [4.69, 9.17) is 20.1 Å². The highest BCUT2D eigenvalue weighted by molar-refractivity contribution is 5.93. The van der Waals surface area contributed by atoms with Crippen LogP contribution in [0, 0.1) is 0 Å². The molecule has 7 aromatic carbocycles. The number of para-hydroxylation sites is 8. The van der Waals surface area contributed by atoms with Gasteiger partial charge in [-0.3, -0.25) is 17.9 Å². The molecule has 0 N–H and O–H groups in total. The number of fused-ring (bicyclic) bond motifs is 10. The number of nitrogens with zero attached hydrogens (tertiary/aromatic N) is 9. The first-order valence-electron chi connectivity index (χ1n) is 18.3. The minimum atomic E-state index is 0.644. The van der Waals surface area contributed by atoms with Crippen LogP contribution in [0.3, 0.4) is 0 Å². The maximum atomic E-state index is 5.14. The molecule has 9 nitrogen and oxygen atoms in total. The van der Waals surface area contributed by atoms with Gasteiger partial charge in [0.1, 0.15) is 0 Å². The van der Waals surface area contributed by atoms with Crippen LogP contribution in [0.5, 0.6) is 0 Å². The molecule has 0 radical (unpaired) electrons. The van der Waals surface area contributed by atoms with E-state index in [0.717, 1.165) is 89.7 Å². The van der Waals surface area contributed by atoms with Gasteiger partial charge in [0.2, 0.25) is 11.6 Å². The van der Waals surface area contributed by atoms with E-state index < -0.39 is 0 Å². The summed E-state index contributed by atoms with van der Waals surface area (Å²) >= 11 is 0. The Morgan fingerprint density at radius 2 is 0.764 bits per heavy atom. The molecule has 0 aliphatic heterocycles. The topological polar surface area (TPSA) is 75.2 Å². The average Bonchev–Trinajstić information content (AvgIpc) is 4.06. The molecule has 0 aliphatic carbocycles. The summed E-state index contributed by atoms with van der Waals surface area (Å²) in [6.07, 6.45) is 0. The lowest BCUT2D eigenvalue weighted by Crippen LogP contribution is -2.01. The number of benzene rings is 7. The summed E-state index contributed by atoms with van der Waals surface area (Å²) in [4.78, 5) is 15.2. The first-order chi connectivity index (χ1) is 27.3. The molecule has 0 unspecified atom stereocenters. The van der Waals surface area contributed by atoms with Gasteiger partial charge in [0, 0.05) is 22.5 Å². The fraction of sp³-hybridized carbons (Fsp3) is 0. The lowest BCUT2D eigenvalue weighted by molar-refractivity contribution is 0.889. The van der Waals surface area contributed by atoms with Gasteiger partial charge in [-0.05, 0) is 97.1 Å². The number of rotatable bonds is 5. The van der Waals surface area contributed by atoms with Crippen molar-refractivity contribution in [2.45, 2.75) is 0 Å². The lowest BCUT2D eigenvalue weighted by Gasteiger charge is -2.09. The van der Waals surface area contributed by atoms with Crippen LogP contribution < -0.4 is 0 Å². The van der Waals surface area contributed by atoms with Crippen molar-refractivity contribution >= 4 is 55.7 Å². The molecular weight excluding hydrogens is 679 g/mol. The highest BCUT2D eigenvalue weighted by Crippen LogP contribution is 2.33. The van der Waals surface area contributed by atoms with Crippen LogP contribution in [0.4, 0.5) is 0 Å². The molecule has 0 aliphatic rings. The highest BCUT2D eigenvalue weighted by Gasteiger charge is 2.20. The predicted octanol–water partition coefficient (Wildman–Crippen LogP) is 10.1. The molecule has 258 valence electrons. The Hall–Kier alpha value is -7.78. The van der Waals surface area contributed by atoms with Crippen molar-refractivity contribution in [3.8, 4) is 39.8 Å². The average molecular weight is 708 g/mol. The number of hydrogen-bond donors (Lipinski definition) is 0. The smallest absolute Gasteiger partial charge is 0.220 e. The Labute approximate surface area is 313 Å². The minimum Gasteiger partial charge on any atom is -0.278 e.